The lowest BCUT2D eigenvalue weighted by atomic mass is 10.0. The van der Waals surface area contributed by atoms with Crippen LogP contribution in [0.5, 0.6) is 0 Å². The van der Waals surface area contributed by atoms with Gasteiger partial charge in [0.05, 0.1) is 0 Å². The van der Waals surface area contributed by atoms with Gasteiger partial charge in [0.15, 0.2) is 12.1 Å². The van der Waals surface area contributed by atoms with Gasteiger partial charge >= 0.3 is 5.97 Å². The molecule has 5 heteroatoms. The van der Waals surface area contributed by atoms with Crippen LogP contribution in [0.15, 0.2) is 30.3 Å². The highest BCUT2D eigenvalue weighted by Gasteiger charge is 2.38. The fraction of sp³-hybridized carbons (Fsp3) is 0.200. The molecule has 0 saturated carbocycles. The SMILES string of the molecule is O=C(O)[C@H]1NC(=S)O[C@@H]1c1ccccc1. The van der Waals surface area contributed by atoms with E-state index in [9.17, 15) is 4.79 Å². The molecule has 1 heterocycles. The Bertz CT molecular complexity index is 393. The van der Waals surface area contributed by atoms with Gasteiger partial charge in [-0.1, -0.05) is 30.3 Å². The number of thiocarbonyl (C=S) groups is 1. The zero-order valence-corrected chi connectivity index (χ0v) is 8.53. The van der Waals surface area contributed by atoms with Crippen LogP contribution in [-0.4, -0.2) is 22.3 Å². The first-order valence-corrected chi connectivity index (χ1v) is 4.84. The molecule has 1 aliphatic rings. The quantitative estimate of drug-likeness (QED) is 0.735. The van der Waals surface area contributed by atoms with Crippen molar-refractivity contribution in [2.45, 2.75) is 12.1 Å². The number of aliphatic carboxylic acids is 1. The Labute approximate surface area is 91.9 Å². The molecule has 2 rings (SSSR count). The Morgan fingerprint density at radius 3 is 2.67 bits per heavy atom. The lowest BCUT2D eigenvalue weighted by Crippen LogP contribution is -2.35. The predicted molar refractivity (Wildman–Crippen MR) is 57.4 cm³/mol. The second-order valence-corrected chi connectivity index (χ2v) is 3.57. The van der Waals surface area contributed by atoms with E-state index >= 15 is 0 Å². The van der Waals surface area contributed by atoms with Gasteiger partial charge in [0.25, 0.3) is 5.17 Å². The van der Waals surface area contributed by atoms with Crippen molar-refractivity contribution >= 4 is 23.4 Å². The fourth-order valence-corrected chi connectivity index (χ4v) is 1.75. The zero-order valence-electron chi connectivity index (χ0n) is 7.71. The maximum absolute atomic E-state index is 10.9. The number of nitrogens with one attached hydrogen (secondary N) is 1. The number of ether oxygens (including phenoxy) is 1. The van der Waals surface area contributed by atoms with Crippen LogP contribution in [0, 0.1) is 0 Å². The van der Waals surface area contributed by atoms with Gasteiger partial charge in [0.2, 0.25) is 0 Å². The summed E-state index contributed by atoms with van der Waals surface area (Å²) in [5.41, 5.74) is 0.803. The van der Waals surface area contributed by atoms with Crippen molar-refractivity contribution in [3.05, 3.63) is 35.9 Å². The third-order valence-corrected chi connectivity index (χ3v) is 2.42. The summed E-state index contributed by atoms with van der Waals surface area (Å²) in [6.07, 6.45) is -0.545. The number of rotatable bonds is 2. The minimum Gasteiger partial charge on any atom is -0.480 e. The van der Waals surface area contributed by atoms with Crippen LogP contribution < -0.4 is 5.32 Å². The van der Waals surface area contributed by atoms with Gasteiger partial charge in [-0.05, 0) is 17.8 Å². The summed E-state index contributed by atoms with van der Waals surface area (Å²) in [5.74, 6) is -0.969. The van der Waals surface area contributed by atoms with Crippen molar-refractivity contribution in [1.29, 1.82) is 0 Å². The third-order valence-electron chi connectivity index (χ3n) is 2.20. The molecule has 4 nitrogen and oxygen atoms in total. The van der Waals surface area contributed by atoms with Gasteiger partial charge in [-0.15, -0.1) is 0 Å². The van der Waals surface area contributed by atoms with Crippen molar-refractivity contribution in [1.82, 2.24) is 5.32 Å². The molecular weight excluding hydrogens is 214 g/mol. The zero-order chi connectivity index (χ0) is 10.8. The van der Waals surface area contributed by atoms with E-state index < -0.39 is 18.1 Å². The number of hydrogen-bond donors (Lipinski definition) is 2. The molecule has 1 saturated heterocycles. The summed E-state index contributed by atoms with van der Waals surface area (Å²) in [7, 11) is 0. The molecule has 0 aromatic heterocycles. The average molecular weight is 223 g/mol. The van der Waals surface area contributed by atoms with Crippen LogP contribution in [0.1, 0.15) is 11.7 Å². The van der Waals surface area contributed by atoms with Gasteiger partial charge in [-0.3, -0.25) is 0 Å². The molecule has 0 unspecified atom stereocenters. The first-order valence-electron chi connectivity index (χ1n) is 4.43. The van der Waals surface area contributed by atoms with Crippen LogP contribution >= 0.6 is 12.2 Å². The molecule has 0 radical (unpaired) electrons. The number of hydrogen-bond acceptors (Lipinski definition) is 3. The molecule has 0 bridgehead atoms. The first-order chi connectivity index (χ1) is 7.18. The van der Waals surface area contributed by atoms with Crippen LogP contribution in [-0.2, 0) is 9.53 Å². The van der Waals surface area contributed by atoms with Gasteiger partial charge in [-0.25, -0.2) is 4.79 Å². The normalized spacial score (nSPS) is 24.4. The van der Waals surface area contributed by atoms with Gasteiger partial charge in [0, 0.05) is 0 Å². The van der Waals surface area contributed by atoms with Gasteiger partial charge in [-0.2, -0.15) is 0 Å². The molecule has 1 fully saturated rings. The van der Waals surface area contributed by atoms with E-state index in [1.54, 1.807) is 0 Å². The van der Waals surface area contributed by atoms with Crippen molar-refractivity contribution in [2.24, 2.45) is 0 Å². The Kier molecular flexibility index (Phi) is 2.55. The van der Waals surface area contributed by atoms with Crippen LogP contribution in [0.3, 0.4) is 0 Å². The summed E-state index contributed by atoms with van der Waals surface area (Å²) in [6.45, 7) is 0. The molecule has 2 N–H and O–H groups in total. The van der Waals surface area contributed by atoms with Crippen LogP contribution in [0.2, 0.25) is 0 Å². The van der Waals surface area contributed by atoms with E-state index in [0.29, 0.717) is 0 Å². The molecule has 1 aromatic carbocycles. The van der Waals surface area contributed by atoms with Gasteiger partial charge < -0.3 is 15.2 Å². The van der Waals surface area contributed by atoms with E-state index in [4.69, 9.17) is 22.1 Å². The maximum atomic E-state index is 10.9. The molecule has 0 spiro atoms. The Balaban J connectivity index is 2.28. The summed E-state index contributed by atoms with van der Waals surface area (Å²) >= 11 is 4.80. The highest BCUT2D eigenvalue weighted by Crippen LogP contribution is 2.26. The molecule has 0 amide bonds. The highest BCUT2D eigenvalue weighted by molar-refractivity contribution is 7.80. The Morgan fingerprint density at radius 1 is 1.40 bits per heavy atom. The molecule has 78 valence electrons. The van der Waals surface area contributed by atoms with E-state index in [-0.39, 0.29) is 5.17 Å². The monoisotopic (exact) mass is 223 g/mol. The molecular formula is C10H9NO3S. The second kappa shape index (κ2) is 3.86. The minimum atomic E-state index is -0.969. The summed E-state index contributed by atoms with van der Waals surface area (Å²) in [6, 6.07) is 8.35. The topological polar surface area (TPSA) is 58.6 Å². The van der Waals surface area contributed by atoms with Crippen LogP contribution in [0.25, 0.3) is 0 Å². The van der Waals surface area contributed by atoms with Gasteiger partial charge in [0.1, 0.15) is 0 Å². The standard InChI is InChI=1S/C10H9NO3S/c12-9(13)7-8(14-10(15)11-7)6-4-2-1-3-5-6/h1-5,7-8H,(H,11,15)(H,12,13)/t7-,8+/m0/s1. The fourth-order valence-electron chi connectivity index (χ4n) is 1.51. The van der Waals surface area contributed by atoms with Crippen molar-refractivity contribution in [3.8, 4) is 0 Å². The van der Waals surface area contributed by atoms with E-state index in [2.05, 4.69) is 5.32 Å². The average Bonchev–Trinajstić information content (AvgIpc) is 2.62. The third kappa shape index (κ3) is 1.92. The smallest absolute Gasteiger partial charge is 0.330 e. The highest BCUT2D eigenvalue weighted by atomic mass is 32.1. The van der Waals surface area contributed by atoms with E-state index in [1.807, 2.05) is 30.3 Å². The summed E-state index contributed by atoms with van der Waals surface area (Å²) in [4.78, 5) is 10.9. The Morgan fingerprint density at radius 2 is 2.07 bits per heavy atom. The molecule has 15 heavy (non-hydrogen) atoms. The van der Waals surface area contributed by atoms with Crippen molar-refractivity contribution in [2.75, 3.05) is 0 Å². The van der Waals surface area contributed by atoms with Crippen LogP contribution in [0.4, 0.5) is 0 Å². The van der Waals surface area contributed by atoms with E-state index in [0.717, 1.165) is 5.56 Å². The molecule has 0 aliphatic carbocycles. The Hall–Kier alpha value is -1.62. The molecule has 1 aromatic rings. The lowest BCUT2D eigenvalue weighted by molar-refractivity contribution is -0.140. The summed E-state index contributed by atoms with van der Waals surface area (Å²) in [5, 5.41) is 11.7. The largest absolute Gasteiger partial charge is 0.480 e. The first kappa shape index (κ1) is 9.92. The van der Waals surface area contributed by atoms with E-state index in [1.165, 1.54) is 0 Å². The number of carboxylic acids is 1. The number of benzene rings is 1. The van der Waals surface area contributed by atoms with Crippen molar-refractivity contribution < 1.29 is 14.6 Å². The summed E-state index contributed by atoms with van der Waals surface area (Å²) < 4.78 is 5.26. The predicted octanol–water partition coefficient (Wildman–Crippen LogP) is 1.09. The van der Waals surface area contributed by atoms with Crippen molar-refractivity contribution in [3.63, 3.8) is 0 Å². The molecule has 2 atom stereocenters. The maximum Gasteiger partial charge on any atom is 0.330 e. The molecule has 1 aliphatic heterocycles. The minimum absolute atomic E-state index is 0.135. The lowest BCUT2D eigenvalue weighted by Gasteiger charge is -2.13. The number of carbonyl (C=O) groups is 1. The number of carboxylic acid groups (broad SMARTS) is 1. The second-order valence-electron chi connectivity index (χ2n) is 3.20.